The summed E-state index contributed by atoms with van der Waals surface area (Å²) < 4.78 is 80.7. The van der Waals surface area contributed by atoms with Crippen molar-refractivity contribution in [1.82, 2.24) is 9.97 Å². The van der Waals surface area contributed by atoms with Gasteiger partial charge in [0.1, 0.15) is 11.5 Å². The lowest BCUT2D eigenvalue weighted by atomic mass is 9.74. The van der Waals surface area contributed by atoms with E-state index in [-0.39, 0.29) is 23.8 Å². The molecule has 35 heavy (non-hydrogen) atoms. The number of carbonyl (C=O) groups excluding carboxylic acids is 1. The predicted molar refractivity (Wildman–Crippen MR) is 116 cm³/mol. The number of nitrogens with one attached hydrogen (secondary N) is 1. The normalized spacial score (nSPS) is 19.1. The van der Waals surface area contributed by atoms with Gasteiger partial charge in [0.05, 0.1) is 25.3 Å². The number of alkyl halides is 2. The second-order valence-corrected chi connectivity index (χ2v) is 7.72. The van der Waals surface area contributed by atoms with Gasteiger partial charge in [0.2, 0.25) is 5.88 Å². The van der Waals surface area contributed by atoms with E-state index in [1.807, 2.05) is 0 Å². The third-order valence-electron chi connectivity index (χ3n) is 5.55. The SMILES string of the molecule is COc1cnc(C(=O)Nc2cc(F)c(F)c([C@]3(c4ccccc4F)N=C(N)CCC3(F)F)c2)cn1. The van der Waals surface area contributed by atoms with Gasteiger partial charge in [-0.3, -0.25) is 9.79 Å². The molecule has 1 aromatic heterocycles. The Kier molecular flexibility index (Phi) is 6.14. The maximum atomic E-state index is 15.6. The summed E-state index contributed by atoms with van der Waals surface area (Å²) in [5, 5.41) is 2.26. The van der Waals surface area contributed by atoms with Crippen LogP contribution in [0.25, 0.3) is 0 Å². The third kappa shape index (κ3) is 4.15. The quantitative estimate of drug-likeness (QED) is 0.522. The number of amidine groups is 1. The van der Waals surface area contributed by atoms with Gasteiger partial charge in [-0.25, -0.2) is 31.9 Å². The van der Waals surface area contributed by atoms with Crippen LogP contribution in [0, 0.1) is 17.5 Å². The zero-order valence-electron chi connectivity index (χ0n) is 18.2. The van der Waals surface area contributed by atoms with Crippen LogP contribution in [0.3, 0.4) is 0 Å². The van der Waals surface area contributed by atoms with Crippen LogP contribution in [0.5, 0.6) is 5.88 Å². The molecule has 1 atom stereocenters. The molecule has 182 valence electrons. The predicted octanol–water partition coefficient (Wildman–Crippen LogP) is 4.18. The molecule has 12 heteroatoms. The van der Waals surface area contributed by atoms with Gasteiger partial charge in [-0.1, -0.05) is 18.2 Å². The average molecular weight is 491 g/mol. The van der Waals surface area contributed by atoms with E-state index in [1.54, 1.807) is 0 Å². The molecule has 0 unspecified atom stereocenters. The monoisotopic (exact) mass is 491 g/mol. The summed E-state index contributed by atoms with van der Waals surface area (Å²) in [4.78, 5) is 24.0. The number of amides is 1. The number of benzene rings is 2. The molecule has 0 saturated carbocycles. The van der Waals surface area contributed by atoms with Crippen LogP contribution in [0.1, 0.15) is 34.5 Å². The minimum atomic E-state index is -3.87. The maximum absolute atomic E-state index is 15.6. The Morgan fingerprint density at radius 2 is 1.80 bits per heavy atom. The Bertz CT molecular complexity index is 1320. The molecule has 1 aliphatic rings. The highest BCUT2D eigenvalue weighted by molar-refractivity contribution is 6.02. The van der Waals surface area contributed by atoms with Crippen LogP contribution in [-0.2, 0) is 5.54 Å². The van der Waals surface area contributed by atoms with Crippen molar-refractivity contribution in [2.75, 3.05) is 12.4 Å². The topological polar surface area (TPSA) is 102 Å². The summed E-state index contributed by atoms with van der Waals surface area (Å²) in [7, 11) is 1.34. The molecule has 0 aliphatic carbocycles. The van der Waals surface area contributed by atoms with Crippen molar-refractivity contribution in [2.45, 2.75) is 24.3 Å². The standard InChI is InChI=1S/C23H18F5N5O2/c1-35-19-11-30-17(10-31-19)21(34)32-12-8-14(20(26)16(25)9-12)23(13-4-2-3-5-15(13)24)22(27,28)7-6-18(29)33-23/h2-5,8-11H,6-7H2,1H3,(H2,29,33)(H,32,34)/t23-/m0/s1. The van der Waals surface area contributed by atoms with Gasteiger partial charge in [0.25, 0.3) is 11.8 Å². The van der Waals surface area contributed by atoms with Crippen molar-refractivity contribution in [3.05, 3.63) is 83.1 Å². The summed E-state index contributed by atoms with van der Waals surface area (Å²) in [6, 6.07) is 5.78. The van der Waals surface area contributed by atoms with Crippen molar-refractivity contribution in [2.24, 2.45) is 10.7 Å². The number of ether oxygens (including phenoxy) is 1. The number of aromatic nitrogens is 2. The molecule has 1 aliphatic heterocycles. The second-order valence-electron chi connectivity index (χ2n) is 7.72. The maximum Gasteiger partial charge on any atom is 0.281 e. The van der Waals surface area contributed by atoms with E-state index in [0.717, 1.165) is 30.6 Å². The molecule has 0 bridgehead atoms. The highest BCUT2D eigenvalue weighted by Crippen LogP contribution is 2.53. The van der Waals surface area contributed by atoms with Crippen LogP contribution in [-0.4, -0.2) is 34.7 Å². The molecule has 7 nitrogen and oxygen atoms in total. The largest absolute Gasteiger partial charge is 0.480 e. The third-order valence-corrected chi connectivity index (χ3v) is 5.55. The van der Waals surface area contributed by atoms with E-state index >= 15 is 13.2 Å². The van der Waals surface area contributed by atoms with Gasteiger partial charge in [-0.2, -0.15) is 0 Å². The van der Waals surface area contributed by atoms with Crippen molar-refractivity contribution in [1.29, 1.82) is 0 Å². The lowest BCUT2D eigenvalue weighted by Crippen LogP contribution is -2.50. The Morgan fingerprint density at radius 3 is 2.46 bits per heavy atom. The van der Waals surface area contributed by atoms with Gasteiger partial charge < -0.3 is 15.8 Å². The van der Waals surface area contributed by atoms with Crippen LogP contribution in [0.2, 0.25) is 0 Å². The lowest BCUT2D eigenvalue weighted by molar-refractivity contribution is -0.0728. The van der Waals surface area contributed by atoms with Gasteiger partial charge in [-0.15, -0.1) is 0 Å². The average Bonchev–Trinajstić information content (AvgIpc) is 2.83. The minimum absolute atomic E-state index is 0.124. The number of methoxy groups -OCH3 is 1. The molecule has 4 rings (SSSR count). The number of rotatable bonds is 5. The zero-order chi connectivity index (χ0) is 25.4. The van der Waals surface area contributed by atoms with E-state index in [4.69, 9.17) is 10.5 Å². The number of nitrogens with zero attached hydrogens (tertiary/aromatic N) is 3. The fraction of sp³-hybridized carbons (Fsp3) is 0.217. The summed E-state index contributed by atoms with van der Waals surface area (Å²) in [6.07, 6.45) is 0.991. The Balaban J connectivity index is 1.88. The highest BCUT2D eigenvalue weighted by Gasteiger charge is 2.60. The van der Waals surface area contributed by atoms with Crippen LogP contribution in [0.15, 0.2) is 53.8 Å². The molecule has 2 aromatic carbocycles. The van der Waals surface area contributed by atoms with Gasteiger partial charge in [0.15, 0.2) is 17.2 Å². The summed E-state index contributed by atoms with van der Waals surface area (Å²) in [5.41, 5.74) is 0.419. The molecule has 0 saturated heterocycles. The first kappa shape index (κ1) is 24.0. The minimum Gasteiger partial charge on any atom is -0.480 e. The van der Waals surface area contributed by atoms with E-state index < -0.39 is 58.1 Å². The zero-order valence-corrected chi connectivity index (χ0v) is 18.2. The Labute approximate surface area is 195 Å². The molecule has 0 fully saturated rings. The number of carbonyl (C=O) groups is 1. The Morgan fingerprint density at radius 1 is 1.06 bits per heavy atom. The summed E-state index contributed by atoms with van der Waals surface area (Å²) >= 11 is 0. The van der Waals surface area contributed by atoms with E-state index in [0.29, 0.717) is 6.07 Å². The number of anilines is 1. The molecule has 2 heterocycles. The first-order valence-corrected chi connectivity index (χ1v) is 10.2. The Hall–Kier alpha value is -4.09. The van der Waals surface area contributed by atoms with Crippen LogP contribution >= 0.6 is 0 Å². The lowest BCUT2D eigenvalue weighted by Gasteiger charge is -2.41. The van der Waals surface area contributed by atoms with Gasteiger partial charge >= 0.3 is 0 Å². The number of hydrogen-bond donors (Lipinski definition) is 2. The van der Waals surface area contributed by atoms with Crippen LogP contribution < -0.4 is 15.8 Å². The van der Waals surface area contributed by atoms with Crippen LogP contribution in [0.4, 0.5) is 27.6 Å². The van der Waals surface area contributed by atoms with E-state index in [2.05, 4.69) is 20.3 Å². The van der Waals surface area contributed by atoms with E-state index in [1.165, 1.54) is 19.2 Å². The molecule has 1 amide bonds. The van der Waals surface area contributed by atoms with Crippen molar-refractivity contribution < 1.29 is 31.5 Å². The first-order valence-electron chi connectivity index (χ1n) is 10.2. The molecule has 3 N–H and O–H groups in total. The molecular weight excluding hydrogens is 473 g/mol. The molecule has 0 spiro atoms. The van der Waals surface area contributed by atoms with Crippen molar-refractivity contribution in [3.63, 3.8) is 0 Å². The first-order chi connectivity index (χ1) is 16.6. The van der Waals surface area contributed by atoms with Gasteiger partial charge in [0, 0.05) is 35.7 Å². The fourth-order valence-electron chi connectivity index (χ4n) is 3.89. The number of nitrogens with two attached hydrogens (primary N) is 1. The molecule has 0 radical (unpaired) electrons. The second kappa shape index (κ2) is 8.93. The molecule has 3 aromatic rings. The molecular formula is C23H18F5N5O2. The number of hydrogen-bond acceptors (Lipinski definition) is 6. The smallest absolute Gasteiger partial charge is 0.281 e. The highest BCUT2D eigenvalue weighted by atomic mass is 19.3. The number of halogens is 5. The summed E-state index contributed by atoms with van der Waals surface area (Å²) in [6.45, 7) is 0. The number of aliphatic imine (C=N–C) groups is 1. The van der Waals surface area contributed by atoms with E-state index in [9.17, 15) is 13.6 Å². The van der Waals surface area contributed by atoms with Gasteiger partial charge in [-0.05, 0) is 12.1 Å². The van der Waals surface area contributed by atoms with Crippen molar-refractivity contribution in [3.8, 4) is 5.88 Å². The summed E-state index contributed by atoms with van der Waals surface area (Å²) in [5.74, 6) is -9.29. The fourth-order valence-corrected chi connectivity index (χ4v) is 3.89. The van der Waals surface area contributed by atoms with Crippen molar-refractivity contribution >= 4 is 17.4 Å².